The van der Waals surface area contributed by atoms with Gasteiger partial charge < -0.3 is 5.73 Å². The van der Waals surface area contributed by atoms with E-state index in [9.17, 15) is 0 Å². The summed E-state index contributed by atoms with van der Waals surface area (Å²) in [6.07, 6.45) is 3.76. The van der Waals surface area contributed by atoms with E-state index in [2.05, 4.69) is 47.9 Å². The van der Waals surface area contributed by atoms with Gasteiger partial charge in [-0.1, -0.05) is 36.8 Å². The molecule has 116 valence electrons. The lowest BCUT2D eigenvalue weighted by atomic mass is 9.93. The van der Waals surface area contributed by atoms with E-state index in [0.717, 1.165) is 19.0 Å². The molecule has 3 rings (SSSR count). The number of piperazine rings is 1. The molecule has 1 aromatic rings. The summed E-state index contributed by atoms with van der Waals surface area (Å²) in [6.45, 7) is 9.23. The summed E-state index contributed by atoms with van der Waals surface area (Å²) in [5, 5.41) is 0. The van der Waals surface area contributed by atoms with Crippen molar-refractivity contribution >= 4 is 0 Å². The van der Waals surface area contributed by atoms with Crippen LogP contribution in [0.1, 0.15) is 43.4 Å². The van der Waals surface area contributed by atoms with Crippen LogP contribution in [-0.2, 0) is 0 Å². The lowest BCUT2D eigenvalue weighted by Crippen LogP contribution is -2.54. The number of fused-ring (bicyclic) bond motifs is 1. The third-order valence-electron chi connectivity index (χ3n) is 5.27. The zero-order valence-electron chi connectivity index (χ0n) is 13.5. The first-order valence-corrected chi connectivity index (χ1v) is 8.49. The standard InChI is InChI=1S/C18H29N3/c1-3-17(19)18(15-7-4-6-14(2)12-15)21-11-10-20-9-5-8-16(20)13-21/h4,6-7,12,16-18H,3,5,8-11,13,19H2,1-2H3. The van der Waals surface area contributed by atoms with Crippen LogP contribution in [0, 0.1) is 6.92 Å². The minimum Gasteiger partial charge on any atom is -0.326 e. The van der Waals surface area contributed by atoms with Gasteiger partial charge in [0.1, 0.15) is 0 Å². The van der Waals surface area contributed by atoms with Gasteiger partial charge in [0, 0.05) is 37.8 Å². The van der Waals surface area contributed by atoms with Gasteiger partial charge in [-0.25, -0.2) is 0 Å². The van der Waals surface area contributed by atoms with Crippen LogP contribution in [0.5, 0.6) is 0 Å². The lowest BCUT2D eigenvalue weighted by molar-refractivity contribution is 0.0608. The third kappa shape index (κ3) is 3.15. The molecule has 0 amide bonds. The average molecular weight is 287 g/mol. The molecule has 3 heteroatoms. The molecular formula is C18H29N3. The second kappa shape index (κ2) is 6.47. The Kier molecular flexibility index (Phi) is 4.63. The molecule has 3 nitrogen and oxygen atoms in total. The zero-order chi connectivity index (χ0) is 14.8. The summed E-state index contributed by atoms with van der Waals surface area (Å²) >= 11 is 0. The van der Waals surface area contributed by atoms with Crippen LogP contribution in [0.3, 0.4) is 0 Å². The van der Waals surface area contributed by atoms with Crippen molar-refractivity contribution in [3.8, 4) is 0 Å². The van der Waals surface area contributed by atoms with Crippen molar-refractivity contribution in [3.05, 3.63) is 35.4 Å². The average Bonchev–Trinajstić information content (AvgIpc) is 2.95. The molecule has 2 aliphatic rings. The highest BCUT2D eigenvalue weighted by atomic mass is 15.3. The maximum Gasteiger partial charge on any atom is 0.0500 e. The van der Waals surface area contributed by atoms with Gasteiger partial charge in [-0.15, -0.1) is 0 Å². The maximum absolute atomic E-state index is 6.51. The summed E-state index contributed by atoms with van der Waals surface area (Å²) < 4.78 is 0. The minimum absolute atomic E-state index is 0.222. The Morgan fingerprint density at radius 3 is 2.90 bits per heavy atom. The number of hydrogen-bond donors (Lipinski definition) is 1. The van der Waals surface area contributed by atoms with Crippen molar-refractivity contribution in [1.29, 1.82) is 0 Å². The molecule has 3 atom stereocenters. The molecule has 1 aromatic carbocycles. The topological polar surface area (TPSA) is 32.5 Å². The van der Waals surface area contributed by atoms with E-state index in [4.69, 9.17) is 5.73 Å². The molecule has 0 spiro atoms. The Labute approximate surface area is 129 Å². The van der Waals surface area contributed by atoms with E-state index in [1.54, 1.807) is 0 Å². The summed E-state index contributed by atoms with van der Waals surface area (Å²) in [5.74, 6) is 0. The van der Waals surface area contributed by atoms with E-state index in [-0.39, 0.29) is 6.04 Å². The van der Waals surface area contributed by atoms with Crippen LogP contribution in [-0.4, -0.2) is 48.1 Å². The number of rotatable bonds is 4. The molecule has 2 fully saturated rings. The van der Waals surface area contributed by atoms with Crippen molar-refractivity contribution in [2.24, 2.45) is 5.73 Å². The number of nitrogens with zero attached hydrogens (tertiary/aromatic N) is 2. The Bertz CT molecular complexity index is 473. The Hall–Kier alpha value is -0.900. The molecule has 3 unspecified atom stereocenters. The van der Waals surface area contributed by atoms with Crippen LogP contribution in [0.15, 0.2) is 24.3 Å². The predicted molar refractivity (Wildman–Crippen MR) is 88.4 cm³/mol. The Morgan fingerprint density at radius 1 is 1.29 bits per heavy atom. The van der Waals surface area contributed by atoms with Crippen LogP contribution in [0.2, 0.25) is 0 Å². The molecule has 2 aliphatic heterocycles. The fourth-order valence-corrected chi connectivity index (χ4v) is 4.07. The van der Waals surface area contributed by atoms with Gasteiger partial charge in [-0.2, -0.15) is 0 Å². The molecule has 0 radical (unpaired) electrons. The number of benzene rings is 1. The molecule has 2 heterocycles. The summed E-state index contributed by atoms with van der Waals surface area (Å²) in [6, 6.07) is 10.3. The van der Waals surface area contributed by atoms with Gasteiger partial charge >= 0.3 is 0 Å². The third-order valence-corrected chi connectivity index (χ3v) is 5.27. The molecule has 0 aromatic heterocycles. The molecule has 0 saturated carbocycles. The highest BCUT2D eigenvalue weighted by molar-refractivity contribution is 5.26. The zero-order valence-corrected chi connectivity index (χ0v) is 13.5. The van der Waals surface area contributed by atoms with E-state index in [1.165, 1.54) is 43.6 Å². The van der Waals surface area contributed by atoms with Gasteiger partial charge in [0.05, 0.1) is 0 Å². The lowest BCUT2D eigenvalue weighted by Gasteiger charge is -2.43. The maximum atomic E-state index is 6.51. The SMILES string of the molecule is CCC(N)C(c1cccc(C)c1)N1CCN2CCCC2C1. The quantitative estimate of drug-likeness (QED) is 0.924. The van der Waals surface area contributed by atoms with E-state index < -0.39 is 0 Å². The van der Waals surface area contributed by atoms with Crippen LogP contribution >= 0.6 is 0 Å². The monoisotopic (exact) mass is 287 g/mol. The first kappa shape index (κ1) is 15.0. The fourth-order valence-electron chi connectivity index (χ4n) is 4.07. The van der Waals surface area contributed by atoms with Gasteiger partial charge in [-0.05, 0) is 38.3 Å². The number of hydrogen-bond acceptors (Lipinski definition) is 3. The number of aryl methyl sites for hydroxylation is 1. The molecule has 0 bridgehead atoms. The van der Waals surface area contributed by atoms with Crippen LogP contribution in [0.4, 0.5) is 0 Å². The van der Waals surface area contributed by atoms with E-state index in [1.807, 2.05) is 0 Å². The highest BCUT2D eigenvalue weighted by Crippen LogP contribution is 2.31. The summed E-state index contributed by atoms with van der Waals surface area (Å²) in [7, 11) is 0. The largest absolute Gasteiger partial charge is 0.326 e. The second-order valence-electron chi connectivity index (χ2n) is 6.76. The van der Waals surface area contributed by atoms with Gasteiger partial charge in [0.15, 0.2) is 0 Å². The van der Waals surface area contributed by atoms with E-state index in [0.29, 0.717) is 6.04 Å². The molecule has 21 heavy (non-hydrogen) atoms. The molecule has 0 aliphatic carbocycles. The van der Waals surface area contributed by atoms with Crippen LogP contribution in [0.25, 0.3) is 0 Å². The Morgan fingerprint density at radius 2 is 2.14 bits per heavy atom. The van der Waals surface area contributed by atoms with Crippen LogP contribution < -0.4 is 5.73 Å². The van der Waals surface area contributed by atoms with Gasteiger partial charge in [-0.3, -0.25) is 9.80 Å². The van der Waals surface area contributed by atoms with Crippen molar-refractivity contribution < 1.29 is 0 Å². The summed E-state index contributed by atoms with van der Waals surface area (Å²) in [4.78, 5) is 5.32. The molecular weight excluding hydrogens is 258 g/mol. The highest BCUT2D eigenvalue weighted by Gasteiger charge is 2.35. The molecule has 2 saturated heterocycles. The second-order valence-corrected chi connectivity index (χ2v) is 6.76. The first-order valence-electron chi connectivity index (χ1n) is 8.49. The number of nitrogens with two attached hydrogens (primary N) is 1. The van der Waals surface area contributed by atoms with Crippen molar-refractivity contribution in [3.63, 3.8) is 0 Å². The smallest absolute Gasteiger partial charge is 0.0500 e. The first-order chi connectivity index (χ1) is 10.2. The molecule has 2 N–H and O–H groups in total. The van der Waals surface area contributed by atoms with Gasteiger partial charge in [0.2, 0.25) is 0 Å². The van der Waals surface area contributed by atoms with Crippen molar-refractivity contribution in [2.75, 3.05) is 26.2 Å². The minimum atomic E-state index is 0.222. The van der Waals surface area contributed by atoms with Gasteiger partial charge in [0.25, 0.3) is 0 Å². The van der Waals surface area contributed by atoms with E-state index >= 15 is 0 Å². The fraction of sp³-hybridized carbons (Fsp3) is 0.667. The Balaban J connectivity index is 1.82. The van der Waals surface area contributed by atoms with Crippen molar-refractivity contribution in [1.82, 2.24) is 9.80 Å². The predicted octanol–water partition coefficient (Wildman–Crippen LogP) is 2.55. The van der Waals surface area contributed by atoms with Crippen molar-refractivity contribution in [2.45, 2.75) is 51.2 Å². The normalized spacial score (nSPS) is 26.5. The summed E-state index contributed by atoms with van der Waals surface area (Å²) in [5.41, 5.74) is 9.24.